The molecule has 24 heavy (non-hydrogen) atoms. The minimum absolute atomic E-state index is 0.253. The first-order chi connectivity index (χ1) is 11.8. The highest BCUT2D eigenvalue weighted by Crippen LogP contribution is 2.40. The molecule has 0 saturated heterocycles. The van der Waals surface area contributed by atoms with E-state index < -0.39 is 0 Å². The molecule has 2 aromatic carbocycles. The van der Waals surface area contributed by atoms with Crippen LogP contribution in [0.2, 0.25) is 0 Å². The van der Waals surface area contributed by atoms with E-state index in [9.17, 15) is 0 Å². The smallest absolute Gasteiger partial charge is 0.0471 e. The zero-order valence-corrected chi connectivity index (χ0v) is 14.9. The van der Waals surface area contributed by atoms with Gasteiger partial charge in [0.05, 0.1) is 0 Å². The number of hydrogen-bond acceptors (Lipinski definition) is 1. The fourth-order valence-corrected chi connectivity index (χ4v) is 3.16. The van der Waals surface area contributed by atoms with Crippen molar-refractivity contribution in [3.8, 4) is 0 Å². The van der Waals surface area contributed by atoms with Gasteiger partial charge >= 0.3 is 0 Å². The van der Waals surface area contributed by atoms with Crippen LogP contribution in [0.25, 0.3) is 0 Å². The molecule has 2 saturated carbocycles. The van der Waals surface area contributed by atoms with Crippen molar-refractivity contribution < 1.29 is 5.11 Å². The predicted octanol–water partition coefficient (Wildman–Crippen LogP) is 5.62. The van der Waals surface area contributed by atoms with Gasteiger partial charge in [-0.1, -0.05) is 61.9 Å². The average Bonchev–Trinajstić information content (AvgIpc) is 3.51. The molecule has 0 amide bonds. The monoisotopic (exact) mass is 322 g/mol. The summed E-state index contributed by atoms with van der Waals surface area (Å²) in [5.74, 6) is 1.74. The molecule has 0 spiro atoms. The second kappa shape index (κ2) is 8.48. The lowest BCUT2D eigenvalue weighted by Crippen LogP contribution is -1.90. The van der Waals surface area contributed by atoms with E-state index in [0.717, 1.165) is 18.3 Å². The SMILES string of the molecule is CCCc1ccc(C2CC2)cc1.OCCc1ccc(C2CC2)cc1. The minimum atomic E-state index is 0.253. The maximum atomic E-state index is 8.71. The summed E-state index contributed by atoms with van der Waals surface area (Å²) in [4.78, 5) is 0. The van der Waals surface area contributed by atoms with Gasteiger partial charge in [-0.3, -0.25) is 0 Å². The molecule has 0 aromatic heterocycles. The van der Waals surface area contributed by atoms with Crippen LogP contribution in [0.5, 0.6) is 0 Å². The molecular formula is C23H30O. The van der Waals surface area contributed by atoms with Crippen LogP contribution >= 0.6 is 0 Å². The zero-order chi connectivity index (χ0) is 16.8. The van der Waals surface area contributed by atoms with Crippen molar-refractivity contribution in [2.75, 3.05) is 6.61 Å². The van der Waals surface area contributed by atoms with Crippen LogP contribution in [-0.2, 0) is 12.8 Å². The molecule has 128 valence electrons. The standard InChI is InChI=1S/C12H16.C11H14O/c1-2-3-10-4-6-11(7-5-10)12-8-9-12;12-8-7-9-1-3-10(4-2-9)11-5-6-11/h4-7,12H,2-3,8-9H2,1H3;1-4,11-12H,5-8H2. The second-order valence-electron chi connectivity index (χ2n) is 7.26. The molecule has 1 heteroatoms. The summed E-state index contributed by atoms with van der Waals surface area (Å²) < 4.78 is 0. The van der Waals surface area contributed by atoms with E-state index in [0.29, 0.717) is 0 Å². The van der Waals surface area contributed by atoms with E-state index in [4.69, 9.17) is 5.11 Å². The fourth-order valence-electron chi connectivity index (χ4n) is 3.16. The molecular weight excluding hydrogens is 292 g/mol. The van der Waals surface area contributed by atoms with E-state index in [1.807, 2.05) is 0 Å². The average molecular weight is 322 g/mol. The second-order valence-corrected chi connectivity index (χ2v) is 7.26. The summed E-state index contributed by atoms with van der Waals surface area (Å²) in [6, 6.07) is 17.8. The normalized spacial score (nSPS) is 16.4. The lowest BCUT2D eigenvalue weighted by molar-refractivity contribution is 0.299. The molecule has 1 N–H and O–H groups in total. The van der Waals surface area contributed by atoms with Crippen LogP contribution in [0.15, 0.2) is 48.5 Å². The van der Waals surface area contributed by atoms with Crippen molar-refractivity contribution in [3.05, 3.63) is 70.8 Å². The summed E-state index contributed by atoms with van der Waals surface area (Å²) in [6.45, 7) is 2.48. The Morgan fingerprint density at radius 1 is 0.708 bits per heavy atom. The number of rotatable bonds is 6. The van der Waals surface area contributed by atoms with E-state index in [1.165, 1.54) is 55.2 Å². The lowest BCUT2D eigenvalue weighted by atomic mass is 10.1. The Morgan fingerprint density at radius 3 is 1.46 bits per heavy atom. The van der Waals surface area contributed by atoms with Crippen LogP contribution in [0.3, 0.4) is 0 Å². The van der Waals surface area contributed by atoms with Crippen LogP contribution in [0.4, 0.5) is 0 Å². The highest BCUT2D eigenvalue weighted by atomic mass is 16.2. The quantitative estimate of drug-likeness (QED) is 0.732. The van der Waals surface area contributed by atoms with E-state index >= 15 is 0 Å². The predicted molar refractivity (Wildman–Crippen MR) is 102 cm³/mol. The first-order valence-electron chi connectivity index (χ1n) is 9.58. The van der Waals surface area contributed by atoms with Gasteiger partial charge in [-0.25, -0.2) is 0 Å². The Hall–Kier alpha value is -1.60. The van der Waals surface area contributed by atoms with E-state index in [-0.39, 0.29) is 6.61 Å². The van der Waals surface area contributed by atoms with Gasteiger partial charge in [0.15, 0.2) is 0 Å². The minimum Gasteiger partial charge on any atom is -0.396 e. The summed E-state index contributed by atoms with van der Waals surface area (Å²) in [7, 11) is 0. The van der Waals surface area contributed by atoms with Crippen LogP contribution in [-0.4, -0.2) is 11.7 Å². The van der Waals surface area contributed by atoms with E-state index in [1.54, 1.807) is 5.56 Å². The molecule has 2 aliphatic carbocycles. The summed E-state index contributed by atoms with van der Waals surface area (Å²) in [5, 5.41) is 8.71. The molecule has 0 radical (unpaired) electrons. The van der Waals surface area contributed by atoms with Crippen LogP contribution in [0.1, 0.15) is 73.1 Å². The first kappa shape index (κ1) is 17.2. The van der Waals surface area contributed by atoms with Gasteiger partial charge in [-0.05, 0) is 72.6 Å². The van der Waals surface area contributed by atoms with Gasteiger partial charge < -0.3 is 5.11 Å². The molecule has 2 fully saturated rings. The third-order valence-corrected chi connectivity index (χ3v) is 5.00. The Kier molecular flexibility index (Phi) is 6.09. The number of benzene rings is 2. The number of aryl methyl sites for hydroxylation is 1. The number of hydrogen-bond donors (Lipinski definition) is 1. The highest BCUT2D eigenvalue weighted by molar-refractivity contribution is 5.28. The maximum absolute atomic E-state index is 8.71. The fraction of sp³-hybridized carbons (Fsp3) is 0.478. The van der Waals surface area contributed by atoms with Crippen molar-refractivity contribution in [2.45, 2.75) is 63.7 Å². The number of aliphatic hydroxyl groups excluding tert-OH is 1. The van der Waals surface area contributed by atoms with Crippen LogP contribution in [0, 0.1) is 0 Å². The van der Waals surface area contributed by atoms with Gasteiger partial charge in [0, 0.05) is 6.61 Å². The molecule has 2 aliphatic rings. The van der Waals surface area contributed by atoms with Gasteiger partial charge in [-0.2, -0.15) is 0 Å². The molecule has 4 rings (SSSR count). The lowest BCUT2D eigenvalue weighted by Gasteiger charge is -2.00. The molecule has 0 atom stereocenters. The first-order valence-corrected chi connectivity index (χ1v) is 9.58. The largest absolute Gasteiger partial charge is 0.396 e. The molecule has 0 bridgehead atoms. The van der Waals surface area contributed by atoms with Gasteiger partial charge in [0.1, 0.15) is 0 Å². The molecule has 0 unspecified atom stereocenters. The number of aliphatic hydroxyl groups is 1. The van der Waals surface area contributed by atoms with Gasteiger partial charge in [0.2, 0.25) is 0 Å². The van der Waals surface area contributed by atoms with Gasteiger partial charge in [0.25, 0.3) is 0 Å². The van der Waals surface area contributed by atoms with Crippen molar-refractivity contribution >= 4 is 0 Å². The maximum Gasteiger partial charge on any atom is 0.0471 e. The molecule has 2 aromatic rings. The Balaban J connectivity index is 0.000000141. The summed E-state index contributed by atoms with van der Waals surface area (Å²) in [5.41, 5.74) is 5.75. The Labute approximate surface area is 146 Å². The molecule has 0 aliphatic heterocycles. The summed E-state index contributed by atoms with van der Waals surface area (Å²) in [6.07, 6.45) is 8.80. The Morgan fingerprint density at radius 2 is 1.12 bits per heavy atom. The zero-order valence-electron chi connectivity index (χ0n) is 14.9. The topological polar surface area (TPSA) is 20.2 Å². The highest BCUT2D eigenvalue weighted by Gasteiger charge is 2.23. The molecule has 0 heterocycles. The summed E-state index contributed by atoms with van der Waals surface area (Å²) >= 11 is 0. The van der Waals surface area contributed by atoms with Crippen LogP contribution < -0.4 is 0 Å². The van der Waals surface area contributed by atoms with Crippen molar-refractivity contribution in [2.24, 2.45) is 0 Å². The third kappa shape index (κ3) is 5.21. The Bertz CT molecular complexity index is 546. The van der Waals surface area contributed by atoms with Crippen molar-refractivity contribution in [1.82, 2.24) is 0 Å². The van der Waals surface area contributed by atoms with E-state index in [2.05, 4.69) is 55.5 Å². The van der Waals surface area contributed by atoms with Gasteiger partial charge in [-0.15, -0.1) is 0 Å². The van der Waals surface area contributed by atoms with Crippen molar-refractivity contribution in [1.29, 1.82) is 0 Å². The van der Waals surface area contributed by atoms with Crippen molar-refractivity contribution in [3.63, 3.8) is 0 Å². The third-order valence-electron chi connectivity index (χ3n) is 5.00. The molecule has 1 nitrogen and oxygen atoms in total.